The number of hydrogen-bond acceptors (Lipinski definition) is 3. The fraction of sp³-hybridized carbons (Fsp3) is 0. The summed E-state index contributed by atoms with van der Waals surface area (Å²) in [5.41, 5.74) is 0.666. The molecule has 0 bridgehead atoms. The smallest absolute Gasteiger partial charge is 0.335 e. The van der Waals surface area contributed by atoms with Crippen molar-refractivity contribution < 1.29 is 19.4 Å². The average molecular weight is 368 g/mol. The van der Waals surface area contributed by atoms with Crippen molar-refractivity contribution in [3.8, 4) is 11.5 Å². The van der Waals surface area contributed by atoms with Crippen LogP contribution in [0, 0.1) is 0 Å². The number of aromatic carboxylic acids is 1. The number of benzene rings is 3. The van der Waals surface area contributed by atoms with Gasteiger partial charge in [-0.15, -0.1) is 0 Å². The maximum absolute atomic E-state index is 12.4. The molecule has 1 amide bonds. The SMILES string of the molecule is O=C(O)c1ccc(Cl)c(NC(=O)c2ccc(Oc3ccccc3)cc2)c1. The molecular weight excluding hydrogens is 354 g/mol. The van der Waals surface area contributed by atoms with Crippen LogP contribution in [0.5, 0.6) is 11.5 Å². The number of anilines is 1. The molecule has 0 radical (unpaired) electrons. The van der Waals surface area contributed by atoms with Gasteiger partial charge in [0.05, 0.1) is 16.3 Å². The number of nitrogens with one attached hydrogen (secondary N) is 1. The van der Waals surface area contributed by atoms with Crippen LogP contribution >= 0.6 is 11.6 Å². The highest BCUT2D eigenvalue weighted by Crippen LogP contribution is 2.25. The number of rotatable bonds is 5. The Morgan fingerprint density at radius 2 is 1.46 bits per heavy atom. The standard InChI is InChI=1S/C20H14ClNO4/c21-17-11-8-14(20(24)25)12-18(17)22-19(23)13-6-9-16(10-7-13)26-15-4-2-1-3-5-15/h1-12H,(H,22,23)(H,24,25). The van der Waals surface area contributed by atoms with Crippen LogP contribution in [0.1, 0.15) is 20.7 Å². The van der Waals surface area contributed by atoms with Crippen molar-refractivity contribution in [2.45, 2.75) is 0 Å². The van der Waals surface area contributed by atoms with Gasteiger partial charge >= 0.3 is 5.97 Å². The highest BCUT2D eigenvalue weighted by molar-refractivity contribution is 6.34. The number of amides is 1. The Morgan fingerprint density at radius 1 is 0.846 bits per heavy atom. The zero-order chi connectivity index (χ0) is 18.5. The summed E-state index contributed by atoms with van der Waals surface area (Å²) in [7, 11) is 0. The lowest BCUT2D eigenvalue weighted by atomic mass is 10.1. The lowest BCUT2D eigenvalue weighted by Gasteiger charge is -2.09. The summed E-state index contributed by atoms with van der Waals surface area (Å²) in [6, 6.07) is 20.0. The number of halogens is 1. The lowest BCUT2D eigenvalue weighted by Crippen LogP contribution is -2.12. The molecule has 0 unspecified atom stereocenters. The number of hydrogen-bond donors (Lipinski definition) is 2. The second kappa shape index (κ2) is 7.72. The van der Waals surface area contributed by atoms with Crippen molar-refractivity contribution in [1.82, 2.24) is 0 Å². The Morgan fingerprint density at radius 3 is 2.12 bits per heavy atom. The molecule has 3 aromatic carbocycles. The number of ether oxygens (including phenoxy) is 1. The van der Waals surface area contributed by atoms with Gasteiger partial charge in [-0.25, -0.2) is 4.79 Å². The van der Waals surface area contributed by atoms with Crippen molar-refractivity contribution >= 4 is 29.2 Å². The normalized spacial score (nSPS) is 10.2. The van der Waals surface area contributed by atoms with E-state index < -0.39 is 11.9 Å². The van der Waals surface area contributed by atoms with E-state index in [4.69, 9.17) is 21.4 Å². The number of carboxylic acid groups (broad SMARTS) is 1. The van der Waals surface area contributed by atoms with E-state index in [1.54, 1.807) is 24.3 Å². The monoisotopic (exact) mass is 367 g/mol. The molecule has 0 atom stereocenters. The Bertz CT molecular complexity index is 940. The molecule has 0 fully saturated rings. The van der Waals surface area contributed by atoms with Crippen LogP contribution < -0.4 is 10.1 Å². The third kappa shape index (κ3) is 4.20. The third-order valence-electron chi connectivity index (χ3n) is 3.56. The van der Waals surface area contributed by atoms with Gasteiger partial charge in [-0.2, -0.15) is 0 Å². The van der Waals surface area contributed by atoms with E-state index >= 15 is 0 Å². The molecule has 0 aliphatic rings. The summed E-state index contributed by atoms with van der Waals surface area (Å²) in [5.74, 6) is -0.207. The zero-order valence-corrected chi connectivity index (χ0v) is 14.2. The maximum Gasteiger partial charge on any atom is 0.335 e. The fourth-order valence-electron chi connectivity index (χ4n) is 2.25. The van der Waals surface area contributed by atoms with Gasteiger partial charge in [0.15, 0.2) is 0 Å². The van der Waals surface area contributed by atoms with Crippen LogP contribution in [-0.4, -0.2) is 17.0 Å². The lowest BCUT2D eigenvalue weighted by molar-refractivity contribution is 0.0696. The van der Waals surface area contributed by atoms with Crippen molar-refractivity contribution in [3.05, 3.63) is 88.9 Å². The van der Waals surface area contributed by atoms with E-state index in [1.807, 2.05) is 30.3 Å². The largest absolute Gasteiger partial charge is 0.478 e. The molecule has 3 rings (SSSR count). The summed E-state index contributed by atoms with van der Waals surface area (Å²) in [4.78, 5) is 23.4. The minimum Gasteiger partial charge on any atom is -0.478 e. The molecule has 5 nitrogen and oxygen atoms in total. The van der Waals surface area contributed by atoms with Crippen LogP contribution in [0.3, 0.4) is 0 Å². The maximum atomic E-state index is 12.4. The molecular formula is C20H14ClNO4. The van der Waals surface area contributed by atoms with E-state index in [-0.39, 0.29) is 16.3 Å². The molecule has 0 spiro atoms. The van der Waals surface area contributed by atoms with E-state index in [9.17, 15) is 9.59 Å². The molecule has 0 saturated heterocycles. The van der Waals surface area contributed by atoms with Crippen LogP contribution in [0.25, 0.3) is 0 Å². The first-order valence-electron chi connectivity index (χ1n) is 7.70. The first kappa shape index (κ1) is 17.5. The van der Waals surface area contributed by atoms with E-state index in [0.29, 0.717) is 17.1 Å². The Labute approximate surface area is 154 Å². The second-order valence-corrected chi connectivity index (χ2v) is 5.80. The number of para-hydroxylation sites is 1. The average Bonchev–Trinajstić information content (AvgIpc) is 2.64. The van der Waals surface area contributed by atoms with Gasteiger partial charge in [0.2, 0.25) is 0 Å². The molecule has 0 aromatic heterocycles. The van der Waals surface area contributed by atoms with Crippen molar-refractivity contribution in [2.75, 3.05) is 5.32 Å². The third-order valence-corrected chi connectivity index (χ3v) is 3.89. The summed E-state index contributed by atoms with van der Waals surface area (Å²) >= 11 is 6.02. The fourth-order valence-corrected chi connectivity index (χ4v) is 2.41. The van der Waals surface area contributed by atoms with Gasteiger partial charge < -0.3 is 15.2 Å². The summed E-state index contributed by atoms with van der Waals surface area (Å²) in [6.07, 6.45) is 0. The van der Waals surface area contributed by atoms with E-state index in [1.165, 1.54) is 18.2 Å². The second-order valence-electron chi connectivity index (χ2n) is 5.39. The summed E-state index contributed by atoms with van der Waals surface area (Å²) in [5, 5.41) is 11.9. The zero-order valence-electron chi connectivity index (χ0n) is 13.5. The van der Waals surface area contributed by atoms with Crippen molar-refractivity contribution in [2.24, 2.45) is 0 Å². The molecule has 130 valence electrons. The van der Waals surface area contributed by atoms with Gasteiger partial charge in [-0.3, -0.25) is 4.79 Å². The van der Waals surface area contributed by atoms with Gasteiger partial charge in [0, 0.05) is 5.56 Å². The van der Waals surface area contributed by atoms with Crippen molar-refractivity contribution in [3.63, 3.8) is 0 Å². The Balaban J connectivity index is 1.72. The van der Waals surface area contributed by atoms with Gasteiger partial charge in [-0.05, 0) is 54.6 Å². The summed E-state index contributed by atoms with van der Waals surface area (Å²) in [6.45, 7) is 0. The van der Waals surface area contributed by atoms with Crippen LogP contribution in [0.4, 0.5) is 5.69 Å². The highest BCUT2D eigenvalue weighted by atomic mass is 35.5. The first-order valence-corrected chi connectivity index (χ1v) is 8.08. The quantitative estimate of drug-likeness (QED) is 0.659. The van der Waals surface area contributed by atoms with Gasteiger partial charge in [0.25, 0.3) is 5.91 Å². The summed E-state index contributed by atoms with van der Waals surface area (Å²) < 4.78 is 5.67. The first-order chi connectivity index (χ1) is 12.5. The topological polar surface area (TPSA) is 75.6 Å². The molecule has 0 heterocycles. The van der Waals surface area contributed by atoms with Crippen molar-refractivity contribution in [1.29, 1.82) is 0 Å². The molecule has 0 aliphatic heterocycles. The van der Waals surface area contributed by atoms with Crippen LogP contribution in [0.2, 0.25) is 5.02 Å². The minimum absolute atomic E-state index is 0.0382. The van der Waals surface area contributed by atoms with E-state index in [0.717, 1.165) is 0 Å². The predicted octanol–water partition coefficient (Wildman–Crippen LogP) is 5.08. The van der Waals surface area contributed by atoms with E-state index in [2.05, 4.69) is 5.32 Å². The molecule has 0 saturated carbocycles. The predicted molar refractivity (Wildman–Crippen MR) is 99.3 cm³/mol. The Kier molecular flexibility index (Phi) is 5.20. The molecule has 3 aromatic rings. The van der Waals surface area contributed by atoms with Gasteiger partial charge in [-0.1, -0.05) is 29.8 Å². The number of carboxylic acids is 1. The molecule has 6 heteroatoms. The molecule has 2 N–H and O–H groups in total. The van der Waals surface area contributed by atoms with Crippen LogP contribution in [-0.2, 0) is 0 Å². The van der Waals surface area contributed by atoms with Crippen LogP contribution in [0.15, 0.2) is 72.8 Å². The highest BCUT2D eigenvalue weighted by Gasteiger charge is 2.12. The Hall–Kier alpha value is -3.31. The molecule has 26 heavy (non-hydrogen) atoms. The molecule has 0 aliphatic carbocycles. The minimum atomic E-state index is -1.10. The number of carbonyl (C=O) groups is 2. The van der Waals surface area contributed by atoms with Gasteiger partial charge in [0.1, 0.15) is 11.5 Å². The number of carbonyl (C=O) groups excluding carboxylic acids is 1.